The van der Waals surface area contributed by atoms with Gasteiger partial charge >= 0.3 is 0 Å². The molecule has 6 nitrogen and oxygen atoms in total. The van der Waals surface area contributed by atoms with Crippen molar-refractivity contribution in [3.63, 3.8) is 0 Å². The van der Waals surface area contributed by atoms with E-state index in [-0.39, 0.29) is 16.3 Å². The summed E-state index contributed by atoms with van der Waals surface area (Å²) in [6.45, 7) is 6.32. The summed E-state index contributed by atoms with van der Waals surface area (Å²) in [6, 6.07) is 8.78. The van der Waals surface area contributed by atoms with Crippen LogP contribution in [0.15, 0.2) is 35.1 Å². The highest BCUT2D eigenvalue weighted by Gasteiger charge is 2.17. The van der Waals surface area contributed by atoms with Crippen molar-refractivity contribution in [1.82, 2.24) is 9.97 Å². The molecule has 0 spiro atoms. The zero-order chi connectivity index (χ0) is 17.6. The first-order chi connectivity index (χ1) is 11.2. The summed E-state index contributed by atoms with van der Waals surface area (Å²) in [4.78, 5) is 19.1. The lowest BCUT2D eigenvalue weighted by atomic mass is 9.87. The Hall–Kier alpha value is -3.02. The number of rotatable bonds is 1. The topological polar surface area (TPSA) is 106 Å². The van der Waals surface area contributed by atoms with E-state index >= 15 is 0 Å². The molecule has 0 saturated carbocycles. The van der Waals surface area contributed by atoms with Gasteiger partial charge in [-0.25, -0.2) is 4.98 Å². The largest absolute Gasteiger partial charge is 0.504 e. The maximum absolute atomic E-state index is 12.2. The number of aromatic amines is 1. The Bertz CT molecular complexity index is 983. The SMILES string of the molecule is CC(C)(C)c1ccc(-c2nc3cc(O)c(O)c(O)c3c(=O)[nH]2)cc1. The minimum Gasteiger partial charge on any atom is -0.504 e. The molecule has 0 aliphatic carbocycles. The number of hydrogen-bond donors (Lipinski definition) is 4. The number of hydrogen-bond acceptors (Lipinski definition) is 5. The monoisotopic (exact) mass is 326 g/mol. The van der Waals surface area contributed by atoms with Crippen molar-refractivity contribution < 1.29 is 15.3 Å². The smallest absolute Gasteiger partial charge is 0.262 e. The molecule has 0 aliphatic heterocycles. The van der Waals surface area contributed by atoms with Crippen LogP contribution < -0.4 is 5.56 Å². The highest BCUT2D eigenvalue weighted by molar-refractivity contribution is 5.89. The maximum Gasteiger partial charge on any atom is 0.262 e. The molecule has 0 unspecified atom stereocenters. The van der Waals surface area contributed by atoms with E-state index < -0.39 is 22.8 Å². The Morgan fingerprint density at radius 3 is 2.21 bits per heavy atom. The molecule has 0 aliphatic rings. The lowest BCUT2D eigenvalue weighted by molar-refractivity contribution is 0.371. The van der Waals surface area contributed by atoms with Gasteiger partial charge in [-0.2, -0.15) is 0 Å². The van der Waals surface area contributed by atoms with Gasteiger partial charge in [0.2, 0.25) is 5.75 Å². The number of H-pyrrole nitrogens is 1. The summed E-state index contributed by atoms with van der Waals surface area (Å²) < 4.78 is 0. The summed E-state index contributed by atoms with van der Waals surface area (Å²) in [7, 11) is 0. The van der Waals surface area contributed by atoms with Crippen LogP contribution in [0.5, 0.6) is 17.2 Å². The van der Waals surface area contributed by atoms with Crippen molar-refractivity contribution in [2.24, 2.45) is 0 Å². The second kappa shape index (κ2) is 5.26. The summed E-state index contributed by atoms with van der Waals surface area (Å²) >= 11 is 0. The molecule has 0 amide bonds. The van der Waals surface area contributed by atoms with Crippen LogP contribution in [0.25, 0.3) is 22.3 Å². The van der Waals surface area contributed by atoms with Crippen LogP contribution in [0, 0.1) is 0 Å². The molecule has 0 atom stereocenters. The number of aromatic nitrogens is 2. The molecule has 2 aromatic carbocycles. The number of phenolic OH excluding ortho intramolecular Hbond substituents is 3. The van der Waals surface area contributed by atoms with E-state index in [2.05, 4.69) is 30.7 Å². The molecule has 124 valence electrons. The third kappa shape index (κ3) is 2.56. The summed E-state index contributed by atoms with van der Waals surface area (Å²) in [5, 5.41) is 28.8. The second-order valence-electron chi connectivity index (χ2n) is 6.73. The van der Waals surface area contributed by atoms with Gasteiger partial charge in [-0.3, -0.25) is 4.79 Å². The molecular weight excluding hydrogens is 308 g/mol. The lowest BCUT2D eigenvalue weighted by Crippen LogP contribution is -2.11. The first-order valence-electron chi connectivity index (χ1n) is 7.47. The molecule has 4 N–H and O–H groups in total. The van der Waals surface area contributed by atoms with Crippen LogP contribution in [0.3, 0.4) is 0 Å². The minimum atomic E-state index is -0.739. The molecule has 1 aromatic heterocycles. The van der Waals surface area contributed by atoms with E-state index in [0.29, 0.717) is 11.4 Å². The van der Waals surface area contributed by atoms with Gasteiger partial charge < -0.3 is 20.3 Å². The van der Waals surface area contributed by atoms with Gasteiger partial charge in [-0.15, -0.1) is 0 Å². The van der Waals surface area contributed by atoms with Crippen LogP contribution in [0.1, 0.15) is 26.3 Å². The predicted molar refractivity (Wildman–Crippen MR) is 91.5 cm³/mol. The number of nitrogens with zero attached hydrogens (tertiary/aromatic N) is 1. The van der Waals surface area contributed by atoms with E-state index in [0.717, 1.165) is 11.6 Å². The van der Waals surface area contributed by atoms with E-state index in [9.17, 15) is 20.1 Å². The van der Waals surface area contributed by atoms with Crippen molar-refractivity contribution in [2.45, 2.75) is 26.2 Å². The molecule has 3 rings (SSSR count). The fraction of sp³-hybridized carbons (Fsp3) is 0.222. The van der Waals surface area contributed by atoms with E-state index in [1.807, 2.05) is 24.3 Å². The van der Waals surface area contributed by atoms with E-state index in [1.165, 1.54) is 0 Å². The van der Waals surface area contributed by atoms with Gasteiger partial charge in [0.1, 0.15) is 11.2 Å². The van der Waals surface area contributed by atoms with Crippen LogP contribution >= 0.6 is 0 Å². The fourth-order valence-electron chi connectivity index (χ4n) is 2.53. The second-order valence-corrected chi connectivity index (χ2v) is 6.73. The van der Waals surface area contributed by atoms with Gasteiger partial charge in [0, 0.05) is 11.6 Å². The molecule has 1 heterocycles. The van der Waals surface area contributed by atoms with Gasteiger partial charge in [0.05, 0.1) is 5.52 Å². The number of aromatic hydroxyl groups is 3. The fourth-order valence-corrected chi connectivity index (χ4v) is 2.53. The van der Waals surface area contributed by atoms with Crippen LogP contribution in [0.2, 0.25) is 0 Å². The maximum atomic E-state index is 12.2. The third-order valence-corrected chi connectivity index (χ3v) is 3.95. The van der Waals surface area contributed by atoms with Gasteiger partial charge in [0.15, 0.2) is 11.5 Å². The zero-order valence-corrected chi connectivity index (χ0v) is 13.6. The molecule has 24 heavy (non-hydrogen) atoms. The molecule has 3 aromatic rings. The quantitative estimate of drug-likeness (QED) is 0.514. The van der Waals surface area contributed by atoms with Crippen molar-refractivity contribution in [3.8, 4) is 28.6 Å². The average molecular weight is 326 g/mol. The molecular formula is C18H18N2O4. The summed E-state index contributed by atoms with van der Waals surface area (Å²) in [5.74, 6) is -1.64. The van der Waals surface area contributed by atoms with Crippen molar-refractivity contribution in [1.29, 1.82) is 0 Å². The minimum absolute atomic E-state index is 0.0118. The molecule has 0 fully saturated rings. The number of benzene rings is 2. The van der Waals surface area contributed by atoms with E-state index in [1.54, 1.807) is 0 Å². The first kappa shape index (κ1) is 15.9. The normalized spacial score (nSPS) is 11.8. The van der Waals surface area contributed by atoms with Crippen molar-refractivity contribution in [3.05, 3.63) is 46.2 Å². The number of nitrogens with one attached hydrogen (secondary N) is 1. The highest BCUT2D eigenvalue weighted by atomic mass is 16.3. The standard InChI is InChI=1S/C18H18N2O4/c1-18(2,3)10-6-4-9(5-7-10)16-19-11-8-12(21)14(22)15(23)13(11)17(24)20-16/h4-8,21-23H,1-3H3,(H,19,20,24). The Labute approximate surface area is 138 Å². The molecule has 0 bridgehead atoms. The summed E-state index contributed by atoms with van der Waals surface area (Å²) in [5.41, 5.74) is 1.37. The molecule has 6 heteroatoms. The van der Waals surface area contributed by atoms with Gasteiger partial charge in [0.25, 0.3) is 5.56 Å². The van der Waals surface area contributed by atoms with Crippen molar-refractivity contribution in [2.75, 3.05) is 0 Å². The molecule has 0 radical (unpaired) electrons. The van der Waals surface area contributed by atoms with Crippen LogP contribution in [-0.2, 0) is 5.41 Å². The van der Waals surface area contributed by atoms with Gasteiger partial charge in [-0.05, 0) is 11.0 Å². The van der Waals surface area contributed by atoms with Crippen LogP contribution in [-0.4, -0.2) is 25.3 Å². The van der Waals surface area contributed by atoms with Crippen molar-refractivity contribution >= 4 is 10.9 Å². The third-order valence-electron chi connectivity index (χ3n) is 3.95. The summed E-state index contributed by atoms with van der Waals surface area (Å²) in [6.07, 6.45) is 0. The first-order valence-corrected chi connectivity index (χ1v) is 7.47. The lowest BCUT2D eigenvalue weighted by Gasteiger charge is -2.19. The number of phenols is 3. The number of fused-ring (bicyclic) bond motifs is 1. The zero-order valence-electron chi connectivity index (χ0n) is 13.6. The average Bonchev–Trinajstić information content (AvgIpc) is 2.51. The highest BCUT2D eigenvalue weighted by Crippen LogP contribution is 2.39. The Morgan fingerprint density at radius 2 is 1.62 bits per heavy atom. The van der Waals surface area contributed by atoms with E-state index in [4.69, 9.17) is 0 Å². The van der Waals surface area contributed by atoms with Crippen LogP contribution in [0.4, 0.5) is 0 Å². The Morgan fingerprint density at radius 1 is 1.00 bits per heavy atom. The molecule has 0 saturated heterocycles. The Kier molecular flexibility index (Phi) is 3.48. The van der Waals surface area contributed by atoms with Gasteiger partial charge in [-0.1, -0.05) is 45.0 Å². The predicted octanol–water partition coefficient (Wildman–Crippen LogP) is 3.00. The Balaban J connectivity index is 2.18.